The van der Waals surface area contributed by atoms with Crippen LogP contribution in [0.25, 0.3) is 0 Å². The van der Waals surface area contributed by atoms with Crippen molar-refractivity contribution in [1.82, 2.24) is 9.21 Å². The number of carbonyl (C=O) groups is 1. The number of sulfonamides is 1. The van der Waals surface area contributed by atoms with Crippen molar-refractivity contribution >= 4 is 16.0 Å². The van der Waals surface area contributed by atoms with Crippen LogP contribution in [0.15, 0.2) is 23.1 Å². The molecule has 9 heteroatoms. The Bertz CT molecular complexity index is 714. The fourth-order valence-corrected chi connectivity index (χ4v) is 4.21. The van der Waals surface area contributed by atoms with Crippen LogP contribution in [0.2, 0.25) is 0 Å². The highest BCUT2D eigenvalue weighted by molar-refractivity contribution is 7.89. The number of hydrogen-bond acceptors (Lipinski definition) is 7. The van der Waals surface area contributed by atoms with Crippen molar-refractivity contribution in [2.24, 2.45) is 0 Å². The topological polar surface area (TPSA) is 96.4 Å². The molecule has 1 aromatic carbocycles. The average molecular weight is 388 g/mol. The molecule has 0 spiro atoms. The minimum Gasteiger partial charge on any atom is -0.493 e. The zero-order valence-electron chi connectivity index (χ0n) is 15.2. The second kappa shape index (κ2) is 9.31. The lowest BCUT2D eigenvalue weighted by Crippen LogP contribution is -2.49. The van der Waals surface area contributed by atoms with Gasteiger partial charge in [-0.25, -0.2) is 13.2 Å². The van der Waals surface area contributed by atoms with E-state index in [1.807, 2.05) is 11.8 Å². The number of aliphatic hydroxyl groups is 1. The number of ether oxygens (including phenoxy) is 2. The van der Waals surface area contributed by atoms with E-state index in [2.05, 4.69) is 0 Å². The van der Waals surface area contributed by atoms with Crippen LogP contribution in [0, 0.1) is 0 Å². The third-order valence-corrected chi connectivity index (χ3v) is 6.10. The maximum absolute atomic E-state index is 12.9. The van der Waals surface area contributed by atoms with Gasteiger partial charge in [-0.15, -0.1) is 0 Å². The molecule has 0 unspecified atom stereocenters. The minimum atomic E-state index is -3.72. The molecule has 1 aliphatic heterocycles. The Hall–Kier alpha value is -1.68. The molecule has 1 fully saturated rings. The van der Waals surface area contributed by atoms with Crippen molar-refractivity contribution in [3.63, 3.8) is 0 Å². The molecular weight excluding hydrogens is 362 g/mol. The molecule has 0 radical (unpaired) electrons. The number of hydrogen-bond donors (Lipinski definition) is 1. The maximum Gasteiger partial charge on any atom is 0.341 e. The number of rotatable bonds is 8. The number of methoxy groups -OCH3 is 1. The lowest BCUT2D eigenvalue weighted by Gasteiger charge is -2.33. The quantitative estimate of drug-likeness (QED) is 0.650. The standard InChI is InChI=1S/C17H26N2O6S/c1-3-12-25-16-5-4-14(13-15(16)17(21)24-2)26(22,23)19-8-6-18(7-9-19)10-11-20/h4-5,13,20H,3,6-12H2,1-2H3/i17+2. The molecule has 0 amide bonds. The molecular formula is C17H26N2O6S. The van der Waals surface area contributed by atoms with Crippen molar-refractivity contribution in [2.45, 2.75) is 18.2 Å². The summed E-state index contributed by atoms with van der Waals surface area (Å²) >= 11 is 0. The molecule has 1 aromatic rings. The first-order chi connectivity index (χ1) is 12.4. The van der Waals surface area contributed by atoms with E-state index < -0.39 is 16.0 Å². The van der Waals surface area contributed by atoms with E-state index in [1.165, 1.54) is 29.6 Å². The van der Waals surface area contributed by atoms with E-state index in [0.717, 1.165) is 6.42 Å². The molecule has 0 aliphatic carbocycles. The van der Waals surface area contributed by atoms with Crippen LogP contribution in [0.3, 0.4) is 0 Å². The van der Waals surface area contributed by atoms with E-state index in [1.54, 1.807) is 0 Å². The third-order valence-electron chi connectivity index (χ3n) is 4.20. The van der Waals surface area contributed by atoms with Gasteiger partial charge in [0.2, 0.25) is 10.0 Å². The summed E-state index contributed by atoms with van der Waals surface area (Å²) in [6, 6.07) is 4.26. The molecule has 1 N–H and O–H groups in total. The molecule has 1 heterocycles. The van der Waals surface area contributed by atoms with Crippen LogP contribution in [0.5, 0.6) is 5.75 Å². The smallest absolute Gasteiger partial charge is 0.341 e. The Kier molecular flexibility index (Phi) is 7.39. The van der Waals surface area contributed by atoms with E-state index >= 15 is 0 Å². The first kappa shape index (κ1) is 20.6. The van der Waals surface area contributed by atoms with Crippen molar-refractivity contribution < 1.29 is 27.8 Å². The maximum atomic E-state index is 12.9. The summed E-state index contributed by atoms with van der Waals surface area (Å²) in [6.07, 6.45) is 0.763. The van der Waals surface area contributed by atoms with Gasteiger partial charge in [-0.1, -0.05) is 6.92 Å². The summed E-state index contributed by atoms with van der Waals surface area (Å²) in [5.74, 6) is -0.327. The number of carbonyl (C=O) groups excluding carboxylic acids is 1. The molecule has 1 saturated heterocycles. The number of aliphatic hydroxyl groups excluding tert-OH is 1. The molecule has 26 heavy (non-hydrogen) atoms. The van der Waals surface area contributed by atoms with Gasteiger partial charge < -0.3 is 14.6 Å². The van der Waals surface area contributed by atoms with Crippen LogP contribution >= 0.6 is 0 Å². The second-order valence-electron chi connectivity index (χ2n) is 5.97. The van der Waals surface area contributed by atoms with Gasteiger partial charge in [-0.3, -0.25) is 4.90 Å². The van der Waals surface area contributed by atoms with Gasteiger partial charge in [-0.05, 0) is 24.6 Å². The Morgan fingerprint density at radius 2 is 1.92 bits per heavy atom. The van der Waals surface area contributed by atoms with Crippen LogP contribution in [0.4, 0.5) is 0 Å². The summed E-state index contributed by atoms with van der Waals surface area (Å²) in [5, 5.41) is 8.99. The normalized spacial score (nSPS) is 16.4. The van der Waals surface area contributed by atoms with Crippen molar-refractivity contribution in [1.29, 1.82) is 0 Å². The predicted octanol–water partition coefficient (Wildman–Crippen LogP) is 0.561. The van der Waals surface area contributed by atoms with Gasteiger partial charge >= 0.3 is 5.97 Å². The monoisotopic (exact) mass is 388 g/mol. The number of benzene rings is 1. The summed E-state index contributed by atoms with van der Waals surface area (Å²) in [4.78, 5) is 14.1. The van der Waals surface area contributed by atoms with Gasteiger partial charge in [0.15, 0.2) is 0 Å². The highest BCUT2D eigenvalue weighted by atomic mass is 32.2. The molecule has 0 bridgehead atoms. The Morgan fingerprint density at radius 3 is 2.50 bits per heavy atom. The van der Waals surface area contributed by atoms with E-state index in [0.29, 0.717) is 45.1 Å². The first-order valence-electron chi connectivity index (χ1n) is 8.62. The van der Waals surface area contributed by atoms with Crippen LogP contribution < -0.4 is 4.74 Å². The van der Waals surface area contributed by atoms with Crippen molar-refractivity contribution in [3.05, 3.63) is 23.8 Å². The molecule has 0 atom stereocenters. The Labute approximate surface area is 154 Å². The summed E-state index contributed by atoms with van der Waals surface area (Å²) < 4.78 is 37.5. The van der Waals surface area contributed by atoms with Gasteiger partial charge in [0.1, 0.15) is 11.3 Å². The number of esters is 1. The lowest BCUT2D eigenvalue weighted by atomic mass is 10.3. The molecule has 1 aliphatic rings. The van der Waals surface area contributed by atoms with Crippen LogP contribution in [-0.4, -0.2) is 81.7 Å². The lowest BCUT2D eigenvalue weighted by molar-refractivity contribution is 0.0595. The van der Waals surface area contributed by atoms with Crippen LogP contribution in [0.1, 0.15) is 23.7 Å². The zero-order chi connectivity index (χ0) is 19.2. The number of β-amino-alcohol motifs (C(OH)–C–C–N with tert-alkyl or cyclic N) is 1. The number of piperazine rings is 1. The summed E-state index contributed by atoms with van der Waals surface area (Å²) in [7, 11) is -2.48. The van der Waals surface area contributed by atoms with Crippen molar-refractivity contribution in [2.75, 3.05) is 53.0 Å². The summed E-state index contributed by atoms with van der Waals surface area (Å²) in [6.45, 7) is 4.73. The van der Waals surface area contributed by atoms with Crippen molar-refractivity contribution in [3.8, 4) is 5.75 Å². The van der Waals surface area contributed by atoms with E-state index in [4.69, 9.17) is 14.6 Å². The Morgan fingerprint density at radius 1 is 1.23 bits per heavy atom. The largest absolute Gasteiger partial charge is 0.493 e. The average Bonchev–Trinajstić information content (AvgIpc) is 2.66. The molecule has 0 saturated carbocycles. The van der Waals surface area contributed by atoms with E-state index in [-0.39, 0.29) is 17.1 Å². The fourth-order valence-electron chi connectivity index (χ4n) is 2.76. The predicted molar refractivity (Wildman–Crippen MR) is 95.9 cm³/mol. The highest BCUT2D eigenvalue weighted by Gasteiger charge is 2.29. The fraction of sp³-hybridized carbons (Fsp3) is 0.588. The second-order valence-corrected chi connectivity index (χ2v) is 7.91. The van der Waals surface area contributed by atoms with Gasteiger partial charge in [-0.2, -0.15) is 4.31 Å². The number of nitrogens with zero attached hydrogens (tertiary/aromatic N) is 2. The SMILES string of the molecule is CCCOc1ccc(S(=O)(=O)N2CCN(CCO)CC2)cc1[14C](=O)OC. The van der Waals surface area contributed by atoms with E-state index in [9.17, 15) is 13.2 Å². The van der Waals surface area contributed by atoms with Gasteiger partial charge in [0, 0.05) is 32.7 Å². The highest BCUT2D eigenvalue weighted by Crippen LogP contribution is 2.26. The molecule has 146 valence electrons. The van der Waals surface area contributed by atoms with Crippen LogP contribution in [-0.2, 0) is 14.8 Å². The van der Waals surface area contributed by atoms with Gasteiger partial charge in [0.05, 0.1) is 25.2 Å². The summed E-state index contributed by atoms with van der Waals surface area (Å²) in [5.41, 5.74) is 0.0981. The first-order valence-corrected chi connectivity index (χ1v) is 10.1. The third kappa shape index (κ3) is 4.73. The molecule has 2 rings (SSSR count). The molecule has 0 aromatic heterocycles. The zero-order valence-corrected chi connectivity index (χ0v) is 16.0. The van der Waals surface area contributed by atoms with Gasteiger partial charge in [0.25, 0.3) is 0 Å². The minimum absolute atomic E-state index is 0.0392. The Balaban J connectivity index is 2.25. The molecule has 8 nitrogen and oxygen atoms in total.